The summed E-state index contributed by atoms with van der Waals surface area (Å²) in [6.07, 6.45) is 0. The molecule has 0 bridgehead atoms. The van der Waals surface area contributed by atoms with E-state index in [1.165, 1.54) is 5.56 Å². The molecule has 0 heterocycles. The van der Waals surface area contributed by atoms with Crippen LogP contribution in [-0.2, 0) is 5.88 Å². The van der Waals surface area contributed by atoms with Crippen LogP contribution in [0.2, 0.25) is 0 Å². The maximum absolute atomic E-state index is 5.53. The van der Waals surface area contributed by atoms with Crippen LogP contribution in [0, 0.1) is 0 Å². The second kappa shape index (κ2) is 47.1. The van der Waals surface area contributed by atoms with E-state index in [2.05, 4.69) is 52.6 Å². The highest BCUT2D eigenvalue weighted by Gasteiger charge is 1.81. The molecule has 0 aliphatic rings. The quantitative estimate of drug-likeness (QED) is 0.500. The zero-order chi connectivity index (χ0) is 13.8. The van der Waals surface area contributed by atoms with Gasteiger partial charge < -0.3 is 6.15 Å². The normalized spacial score (nSPS) is 5.24. The summed E-state index contributed by atoms with van der Waals surface area (Å²) in [5.41, 5.74) is 1.18. The van der Waals surface area contributed by atoms with E-state index in [1.807, 2.05) is 30.3 Å². The van der Waals surface area contributed by atoms with Crippen molar-refractivity contribution in [3.05, 3.63) is 88.5 Å². The third kappa shape index (κ3) is 31.4. The number of benzene rings is 1. The summed E-state index contributed by atoms with van der Waals surface area (Å²) >= 11 is 5.53. The van der Waals surface area contributed by atoms with Gasteiger partial charge in [0.05, 0.1) is 0 Å². The van der Waals surface area contributed by atoms with Crippen LogP contribution < -0.4 is 6.15 Å². The Morgan fingerprint density at radius 1 is 0.706 bits per heavy atom. The minimum Gasteiger partial charge on any atom is -0.344 e. The van der Waals surface area contributed by atoms with Crippen LogP contribution in [0.15, 0.2) is 83.0 Å². The average Bonchev–Trinajstić information content (AvgIpc) is 2.48. The van der Waals surface area contributed by atoms with E-state index in [-0.39, 0.29) is 6.15 Å². The van der Waals surface area contributed by atoms with Gasteiger partial charge in [-0.05, 0) is 5.56 Å². The molecule has 0 amide bonds. The number of alkyl halides is 1. The average molecular weight is 256 g/mol. The minimum atomic E-state index is 0. The van der Waals surface area contributed by atoms with Gasteiger partial charge in [-0.1, -0.05) is 30.3 Å². The summed E-state index contributed by atoms with van der Waals surface area (Å²) in [5, 5.41) is 0. The van der Waals surface area contributed by atoms with Crippen molar-refractivity contribution in [2.24, 2.45) is 0 Å². The fourth-order valence-corrected chi connectivity index (χ4v) is 0.745. The molecule has 0 atom stereocenters. The molecule has 1 rings (SSSR count). The van der Waals surface area contributed by atoms with Gasteiger partial charge in [0.25, 0.3) is 0 Å². The lowest BCUT2D eigenvalue weighted by molar-refractivity contribution is 1.41. The topological polar surface area (TPSA) is 35.0 Å². The Hall–Kier alpha value is -1.57. The van der Waals surface area contributed by atoms with E-state index in [0.29, 0.717) is 5.88 Å². The largest absolute Gasteiger partial charge is 0.344 e. The van der Waals surface area contributed by atoms with Crippen LogP contribution in [0.3, 0.4) is 0 Å². The minimum absolute atomic E-state index is 0. The molecule has 0 saturated heterocycles. The van der Waals surface area contributed by atoms with E-state index in [9.17, 15) is 0 Å². The summed E-state index contributed by atoms with van der Waals surface area (Å²) in [6.45, 7) is 24.0. The third-order valence-electron chi connectivity index (χ3n) is 0.997. The van der Waals surface area contributed by atoms with E-state index in [4.69, 9.17) is 11.6 Å². The lowest BCUT2D eigenvalue weighted by atomic mass is 10.2. The van der Waals surface area contributed by atoms with E-state index < -0.39 is 0 Å². The number of hydrogen-bond acceptors (Lipinski definition) is 1. The Kier molecular flexibility index (Phi) is 81.9. The summed E-state index contributed by atoms with van der Waals surface area (Å²) in [6, 6.07) is 9.96. The van der Waals surface area contributed by atoms with Crippen molar-refractivity contribution < 1.29 is 0 Å². The van der Waals surface area contributed by atoms with Crippen molar-refractivity contribution in [1.29, 1.82) is 0 Å². The second-order valence-corrected chi connectivity index (χ2v) is 1.89. The van der Waals surface area contributed by atoms with Crippen molar-refractivity contribution in [2.75, 3.05) is 0 Å². The molecule has 98 valence electrons. The van der Waals surface area contributed by atoms with Gasteiger partial charge >= 0.3 is 0 Å². The van der Waals surface area contributed by atoms with Gasteiger partial charge in [-0.3, -0.25) is 0 Å². The monoisotopic (exact) mass is 255 g/mol. The second-order valence-electron chi connectivity index (χ2n) is 1.62. The maximum Gasteiger partial charge on any atom is 0.0474 e. The highest BCUT2D eigenvalue weighted by Crippen LogP contribution is 2.00. The number of halogens is 1. The molecule has 17 heavy (non-hydrogen) atoms. The number of rotatable bonds is 1. The zero-order valence-electron chi connectivity index (χ0n) is 10.8. The SMILES string of the molecule is C=C.C=C.C=C.C=C.ClCc1ccccc1.N. The van der Waals surface area contributed by atoms with E-state index in [0.717, 1.165) is 0 Å². The summed E-state index contributed by atoms with van der Waals surface area (Å²) in [5.74, 6) is 0.612. The Balaban J connectivity index is -0.0000000462. The lowest BCUT2D eigenvalue weighted by Crippen LogP contribution is -1.71. The van der Waals surface area contributed by atoms with Crippen molar-refractivity contribution in [3.63, 3.8) is 0 Å². The highest BCUT2D eigenvalue weighted by molar-refractivity contribution is 6.17. The fourth-order valence-electron chi connectivity index (χ4n) is 0.567. The molecule has 1 aromatic rings. The molecule has 0 fully saturated rings. The molecule has 1 nitrogen and oxygen atoms in total. The molecule has 0 radical (unpaired) electrons. The lowest BCUT2D eigenvalue weighted by Gasteiger charge is -1.88. The van der Waals surface area contributed by atoms with Crippen LogP contribution in [0.25, 0.3) is 0 Å². The zero-order valence-corrected chi connectivity index (χ0v) is 11.6. The molecule has 0 aliphatic heterocycles. The van der Waals surface area contributed by atoms with Gasteiger partial charge in [-0.25, -0.2) is 0 Å². The molecule has 0 aromatic heterocycles. The van der Waals surface area contributed by atoms with Gasteiger partial charge in [-0.15, -0.1) is 64.2 Å². The van der Waals surface area contributed by atoms with Crippen LogP contribution >= 0.6 is 11.6 Å². The van der Waals surface area contributed by atoms with Gasteiger partial charge in [0.1, 0.15) is 0 Å². The van der Waals surface area contributed by atoms with Gasteiger partial charge in [0.15, 0.2) is 0 Å². The van der Waals surface area contributed by atoms with Gasteiger partial charge in [-0.2, -0.15) is 0 Å². The first-order valence-corrected chi connectivity index (χ1v) is 5.07. The molecule has 2 heteroatoms. The predicted octanol–water partition coefficient (Wildman–Crippen LogP) is 5.80. The molecule has 1 aromatic carbocycles. The van der Waals surface area contributed by atoms with Crippen LogP contribution in [0.4, 0.5) is 0 Å². The van der Waals surface area contributed by atoms with E-state index >= 15 is 0 Å². The molecule has 0 spiro atoms. The first kappa shape index (κ1) is 29.5. The molecule has 0 aliphatic carbocycles. The summed E-state index contributed by atoms with van der Waals surface area (Å²) < 4.78 is 0. The highest BCUT2D eigenvalue weighted by atomic mass is 35.5. The van der Waals surface area contributed by atoms with Crippen LogP contribution in [0.1, 0.15) is 5.56 Å². The Labute approximate surface area is 112 Å². The van der Waals surface area contributed by atoms with E-state index in [1.54, 1.807) is 0 Å². The first-order valence-electron chi connectivity index (χ1n) is 4.53. The van der Waals surface area contributed by atoms with Gasteiger partial charge in [0, 0.05) is 5.88 Å². The van der Waals surface area contributed by atoms with Crippen molar-refractivity contribution in [3.8, 4) is 0 Å². The van der Waals surface area contributed by atoms with Crippen molar-refractivity contribution in [2.45, 2.75) is 5.88 Å². The molecular weight excluding hydrogens is 230 g/mol. The van der Waals surface area contributed by atoms with Gasteiger partial charge in [0.2, 0.25) is 0 Å². The molecule has 0 unspecified atom stereocenters. The summed E-state index contributed by atoms with van der Waals surface area (Å²) in [4.78, 5) is 0. The van der Waals surface area contributed by atoms with Crippen molar-refractivity contribution in [1.82, 2.24) is 6.15 Å². The molecule has 0 saturated carbocycles. The van der Waals surface area contributed by atoms with Crippen molar-refractivity contribution >= 4 is 11.6 Å². The maximum atomic E-state index is 5.53. The Bertz CT molecular complexity index is 191. The Morgan fingerprint density at radius 3 is 1.18 bits per heavy atom. The standard InChI is InChI=1S/C7H7Cl.4C2H4.H3N/c8-6-7-4-2-1-3-5-7;4*1-2;/h1-5H,6H2;4*1-2H2;1H3. The van der Waals surface area contributed by atoms with Crippen LogP contribution in [0.5, 0.6) is 0 Å². The third-order valence-corrected chi connectivity index (χ3v) is 1.31. The molecular formula is C15H26ClN. The number of hydrogen-bond donors (Lipinski definition) is 1. The van der Waals surface area contributed by atoms with Crippen LogP contribution in [-0.4, -0.2) is 0 Å². The smallest absolute Gasteiger partial charge is 0.0474 e. The predicted molar refractivity (Wildman–Crippen MR) is 86.0 cm³/mol. The summed E-state index contributed by atoms with van der Waals surface area (Å²) in [7, 11) is 0. The fraction of sp³-hybridized carbons (Fsp3) is 0.0667. The Morgan fingerprint density at radius 2 is 1.00 bits per heavy atom. The molecule has 3 N–H and O–H groups in total. The first-order chi connectivity index (χ1) is 7.93.